The van der Waals surface area contributed by atoms with Crippen molar-refractivity contribution in [2.75, 3.05) is 13.1 Å². The van der Waals surface area contributed by atoms with Gasteiger partial charge in [0.2, 0.25) is 12.2 Å². The minimum absolute atomic E-state index is 0.0535. The molecule has 13 nitrogen and oxygen atoms in total. The number of aliphatic hydroxyl groups is 1. The third-order valence-electron chi connectivity index (χ3n) is 7.74. The third-order valence-corrected chi connectivity index (χ3v) is 7.74. The molecular formula is C29H29FN8O5. The highest BCUT2D eigenvalue weighted by molar-refractivity contribution is 5.89. The van der Waals surface area contributed by atoms with Crippen molar-refractivity contribution >= 4 is 17.1 Å². The van der Waals surface area contributed by atoms with Crippen molar-refractivity contribution in [3.05, 3.63) is 82.5 Å². The van der Waals surface area contributed by atoms with Gasteiger partial charge in [0, 0.05) is 43.4 Å². The number of likely N-dealkylation sites (tertiary alicyclic amines) is 1. The highest BCUT2D eigenvalue weighted by Gasteiger charge is 2.34. The quantitative estimate of drug-likeness (QED) is 0.275. The van der Waals surface area contributed by atoms with Crippen molar-refractivity contribution in [1.29, 1.82) is 0 Å². The molecule has 2 aromatic carbocycles. The van der Waals surface area contributed by atoms with Crippen molar-refractivity contribution in [3.63, 3.8) is 0 Å². The summed E-state index contributed by atoms with van der Waals surface area (Å²) in [6.45, 7) is 1.56. The van der Waals surface area contributed by atoms with Gasteiger partial charge in [0.1, 0.15) is 17.9 Å². The van der Waals surface area contributed by atoms with Gasteiger partial charge in [0.15, 0.2) is 5.52 Å². The zero-order valence-corrected chi connectivity index (χ0v) is 23.3. The lowest BCUT2D eigenvalue weighted by Crippen LogP contribution is -2.47. The zero-order chi connectivity index (χ0) is 30.1. The van der Waals surface area contributed by atoms with Crippen LogP contribution in [0.25, 0.3) is 33.7 Å². The molecule has 1 saturated heterocycles. The largest absolute Gasteiger partial charge is 0.445 e. The molecule has 4 heterocycles. The van der Waals surface area contributed by atoms with Crippen LogP contribution in [0.2, 0.25) is 0 Å². The minimum Gasteiger partial charge on any atom is -0.445 e. The van der Waals surface area contributed by atoms with Gasteiger partial charge in [-0.2, -0.15) is 10.1 Å². The van der Waals surface area contributed by atoms with E-state index in [1.165, 1.54) is 23.4 Å². The Hall–Kier alpha value is -4.95. The molecule has 1 amide bonds. The van der Waals surface area contributed by atoms with E-state index in [1.54, 1.807) is 36.0 Å². The number of nitrogens with zero attached hydrogens (tertiary/aromatic N) is 7. The second-order valence-corrected chi connectivity index (χ2v) is 10.7. The van der Waals surface area contributed by atoms with Gasteiger partial charge in [0.05, 0.1) is 24.2 Å². The maximum atomic E-state index is 14.8. The lowest BCUT2D eigenvalue weighted by atomic mass is 9.91. The number of aromatic nitrogens is 6. The SMILES string of the molecule is Cn1nc2c(=O)n(CC3(O)CCN(Cc4ccc(-c5ncon5)cc4F)CC3)cnc2c1-c1ccc(COC(N)=O)cc1. The molecule has 0 atom stereocenters. The van der Waals surface area contributed by atoms with E-state index in [4.69, 9.17) is 15.0 Å². The number of hydrogen-bond acceptors (Lipinski definition) is 10. The number of ether oxygens (including phenoxy) is 1. The monoisotopic (exact) mass is 588 g/mol. The van der Waals surface area contributed by atoms with Crippen molar-refractivity contribution in [2.45, 2.75) is 38.1 Å². The highest BCUT2D eigenvalue weighted by Crippen LogP contribution is 2.28. The van der Waals surface area contributed by atoms with E-state index in [2.05, 4.69) is 25.1 Å². The average Bonchev–Trinajstić information content (AvgIpc) is 3.65. The van der Waals surface area contributed by atoms with Crippen LogP contribution in [0.15, 0.2) is 64.5 Å². The van der Waals surface area contributed by atoms with Crippen LogP contribution in [-0.2, 0) is 31.5 Å². The summed E-state index contributed by atoms with van der Waals surface area (Å²) < 4.78 is 27.3. The molecule has 0 unspecified atom stereocenters. The Labute approximate surface area is 244 Å². The molecule has 1 fully saturated rings. The van der Waals surface area contributed by atoms with Crippen molar-refractivity contribution < 1.29 is 23.6 Å². The molecule has 43 heavy (non-hydrogen) atoms. The fourth-order valence-corrected chi connectivity index (χ4v) is 5.40. The van der Waals surface area contributed by atoms with Gasteiger partial charge in [-0.15, -0.1) is 0 Å². The normalized spacial score (nSPS) is 15.1. The molecule has 6 rings (SSSR count). The molecular weight excluding hydrogens is 559 g/mol. The fraction of sp³-hybridized carbons (Fsp3) is 0.310. The summed E-state index contributed by atoms with van der Waals surface area (Å²) in [4.78, 5) is 34.8. The van der Waals surface area contributed by atoms with Crippen LogP contribution in [0, 0.1) is 5.82 Å². The maximum Gasteiger partial charge on any atom is 0.404 e. The van der Waals surface area contributed by atoms with Crippen molar-refractivity contribution in [3.8, 4) is 22.6 Å². The number of amides is 1. The Morgan fingerprint density at radius 2 is 1.86 bits per heavy atom. The van der Waals surface area contributed by atoms with Crippen molar-refractivity contribution in [2.24, 2.45) is 12.8 Å². The number of fused-ring (bicyclic) bond motifs is 1. The number of carbonyl (C=O) groups is 1. The number of carbonyl (C=O) groups excluding carboxylic acids is 1. The summed E-state index contributed by atoms with van der Waals surface area (Å²) in [6.07, 6.45) is 2.59. The van der Waals surface area contributed by atoms with Gasteiger partial charge in [-0.05, 0) is 24.5 Å². The number of aryl methyl sites for hydroxylation is 1. The molecule has 5 aromatic rings. The molecule has 222 valence electrons. The topological polar surface area (TPSA) is 167 Å². The lowest BCUT2D eigenvalue weighted by Gasteiger charge is -2.38. The number of halogens is 1. The van der Waals surface area contributed by atoms with E-state index in [-0.39, 0.29) is 30.0 Å². The number of nitrogens with two attached hydrogens (primary N) is 1. The van der Waals surface area contributed by atoms with Gasteiger partial charge >= 0.3 is 6.09 Å². The Morgan fingerprint density at radius 3 is 2.53 bits per heavy atom. The van der Waals surface area contributed by atoms with Crippen LogP contribution >= 0.6 is 0 Å². The van der Waals surface area contributed by atoms with Crippen LogP contribution in [0.3, 0.4) is 0 Å². The van der Waals surface area contributed by atoms with Crippen LogP contribution < -0.4 is 11.3 Å². The Bertz CT molecular complexity index is 1830. The second-order valence-electron chi connectivity index (χ2n) is 10.7. The van der Waals surface area contributed by atoms with E-state index < -0.39 is 11.7 Å². The molecule has 1 aliphatic heterocycles. The first-order valence-corrected chi connectivity index (χ1v) is 13.6. The van der Waals surface area contributed by atoms with Crippen LogP contribution in [0.4, 0.5) is 9.18 Å². The molecule has 0 saturated carbocycles. The van der Waals surface area contributed by atoms with Gasteiger partial charge in [-0.1, -0.05) is 41.6 Å². The predicted molar refractivity (Wildman–Crippen MR) is 152 cm³/mol. The molecule has 0 radical (unpaired) electrons. The Morgan fingerprint density at radius 1 is 1.12 bits per heavy atom. The number of primary amides is 1. The minimum atomic E-state index is -1.13. The van der Waals surface area contributed by atoms with E-state index in [9.17, 15) is 19.1 Å². The summed E-state index contributed by atoms with van der Waals surface area (Å²) in [5, 5.41) is 19.5. The molecule has 0 bridgehead atoms. The molecule has 0 aliphatic carbocycles. The molecule has 0 spiro atoms. The van der Waals surface area contributed by atoms with E-state index in [1.807, 2.05) is 12.1 Å². The van der Waals surface area contributed by atoms with Crippen molar-refractivity contribution in [1.82, 2.24) is 34.4 Å². The van der Waals surface area contributed by atoms with Gasteiger partial charge in [0.25, 0.3) is 5.56 Å². The predicted octanol–water partition coefficient (Wildman–Crippen LogP) is 2.61. The summed E-state index contributed by atoms with van der Waals surface area (Å²) in [6, 6.07) is 12.1. The first kappa shape index (κ1) is 28.2. The number of rotatable bonds is 8. The summed E-state index contributed by atoms with van der Waals surface area (Å²) >= 11 is 0. The maximum absolute atomic E-state index is 14.8. The molecule has 14 heteroatoms. The zero-order valence-electron chi connectivity index (χ0n) is 23.3. The van der Waals surface area contributed by atoms with Crippen LogP contribution in [-0.4, -0.2) is 64.3 Å². The van der Waals surface area contributed by atoms with Gasteiger partial charge in [-0.25, -0.2) is 14.2 Å². The summed E-state index contributed by atoms with van der Waals surface area (Å²) in [5.41, 5.74) is 7.45. The Kier molecular flexibility index (Phi) is 7.46. The summed E-state index contributed by atoms with van der Waals surface area (Å²) in [5.74, 6) is -0.0434. The molecule has 3 N–H and O–H groups in total. The van der Waals surface area contributed by atoms with Gasteiger partial charge in [-0.3, -0.25) is 18.9 Å². The number of benzene rings is 2. The van der Waals surface area contributed by atoms with E-state index in [0.29, 0.717) is 60.6 Å². The first-order valence-electron chi connectivity index (χ1n) is 13.6. The van der Waals surface area contributed by atoms with Gasteiger partial charge < -0.3 is 20.1 Å². The van der Waals surface area contributed by atoms with Crippen LogP contribution in [0.1, 0.15) is 24.0 Å². The third kappa shape index (κ3) is 5.87. The molecule has 1 aliphatic rings. The molecule has 3 aromatic heterocycles. The lowest BCUT2D eigenvalue weighted by molar-refractivity contribution is -0.0366. The standard InChI is InChI=1S/C29H29FN8O5/c1-36-25(19-4-2-18(3-5-19)14-42-28(31)40)23-24(34-36)27(39)38(16-32-23)15-29(41)8-10-37(11-9-29)13-21-7-6-20(12-22(21)30)26-33-17-43-35-26/h2-7,12,16-17,41H,8-11,13-15H2,1H3,(H2,31,40). The smallest absolute Gasteiger partial charge is 0.404 e. The van der Waals surface area contributed by atoms with Crippen LogP contribution in [0.5, 0.6) is 0 Å². The second kappa shape index (κ2) is 11.4. The van der Waals surface area contributed by atoms with E-state index in [0.717, 1.165) is 11.1 Å². The first-order chi connectivity index (χ1) is 20.7. The Balaban J connectivity index is 1.13. The highest BCUT2D eigenvalue weighted by atomic mass is 19.1. The summed E-state index contributed by atoms with van der Waals surface area (Å²) in [7, 11) is 1.73. The average molecular weight is 589 g/mol. The number of hydrogen-bond donors (Lipinski definition) is 2. The number of piperidine rings is 1. The van der Waals surface area contributed by atoms with E-state index >= 15 is 0 Å². The fourth-order valence-electron chi connectivity index (χ4n) is 5.40.